The van der Waals surface area contributed by atoms with Gasteiger partial charge in [-0.15, -0.1) is 0 Å². The van der Waals surface area contributed by atoms with E-state index in [4.69, 9.17) is 0 Å². The molecule has 1 aliphatic carbocycles. The molecule has 0 bridgehead atoms. The third kappa shape index (κ3) is 1.50. The van der Waals surface area contributed by atoms with Crippen molar-refractivity contribution in [2.45, 2.75) is 24.8 Å². The van der Waals surface area contributed by atoms with Crippen molar-refractivity contribution in [1.82, 2.24) is 10.2 Å². The van der Waals surface area contributed by atoms with Gasteiger partial charge in [-0.05, 0) is 36.1 Å². The summed E-state index contributed by atoms with van der Waals surface area (Å²) < 4.78 is 1.05. The van der Waals surface area contributed by atoms with Crippen molar-refractivity contribution in [2.24, 2.45) is 0 Å². The molecule has 18 heavy (non-hydrogen) atoms. The summed E-state index contributed by atoms with van der Waals surface area (Å²) >= 11 is 3.45. The molecule has 0 aromatic heterocycles. The van der Waals surface area contributed by atoms with Crippen molar-refractivity contribution >= 4 is 27.9 Å². The molecular formula is C13H13BrN2O2. The molecule has 1 N–H and O–H groups in total. The van der Waals surface area contributed by atoms with E-state index < -0.39 is 5.54 Å². The highest BCUT2D eigenvalue weighted by atomic mass is 79.9. The van der Waals surface area contributed by atoms with Crippen LogP contribution in [-0.2, 0) is 17.6 Å². The van der Waals surface area contributed by atoms with Crippen molar-refractivity contribution in [3.63, 3.8) is 0 Å². The third-order valence-electron chi connectivity index (χ3n) is 4.05. The van der Waals surface area contributed by atoms with E-state index in [1.807, 2.05) is 12.1 Å². The van der Waals surface area contributed by atoms with Gasteiger partial charge in [-0.2, -0.15) is 0 Å². The highest BCUT2D eigenvalue weighted by Gasteiger charge is 2.52. The highest BCUT2D eigenvalue weighted by molar-refractivity contribution is 9.10. The molecule has 4 nitrogen and oxygen atoms in total. The first kappa shape index (κ1) is 11.7. The quantitative estimate of drug-likeness (QED) is 0.744. The molecular weight excluding hydrogens is 296 g/mol. The first-order chi connectivity index (χ1) is 8.53. The number of nitrogens with one attached hydrogen (secondary N) is 1. The zero-order chi connectivity index (χ0) is 12.9. The predicted octanol–water partition coefficient (Wildman–Crippen LogP) is 1.86. The lowest BCUT2D eigenvalue weighted by atomic mass is 9.77. The minimum Gasteiger partial charge on any atom is -0.312 e. The van der Waals surface area contributed by atoms with Gasteiger partial charge in [0.15, 0.2) is 0 Å². The lowest BCUT2D eigenvalue weighted by Crippen LogP contribution is -2.51. The van der Waals surface area contributed by atoms with E-state index >= 15 is 0 Å². The van der Waals surface area contributed by atoms with Gasteiger partial charge < -0.3 is 4.90 Å². The molecule has 1 fully saturated rings. The Kier molecular flexibility index (Phi) is 2.48. The van der Waals surface area contributed by atoms with Gasteiger partial charge in [0.2, 0.25) is 0 Å². The Labute approximate surface area is 113 Å². The number of nitrogens with zero attached hydrogens (tertiary/aromatic N) is 1. The maximum absolute atomic E-state index is 12.1. The molecule has 1 aliphatic heterocycles. The predicted molar refractivity (Wildman–Crippen MR) is 70.2 cm³/mol. The fourth-order valence-corrected chi connectivity index (χ4v) is 3.28. The summed E-state index contributed by atoms with van der Waals surface area (Å²) in [6.07, 6.45) is 2.11. The highest BCUT2D eigenvalue weighted by Crippen LogP contribution is 2.36. The molecule has 1 aromatic rings. The molecule has 0 radical (unpaired) electrons. The minimum atomic E-state index is -0.683. The Morgan fingerprint density at radius 3 is 2.78 bits per heavy atom. The largest absolute Gasteiger partial charge is 0.324 e. The van der Waals surface area contributed by atoms with E-state index in [-0.39, 0.29) is 11.9 Å². The normalized spacial score (nSPS) is 26.4. The van der Waals surface area contributed by atoms with Crippen LogP contribution in [0.25, 0.3) is 0 Å². The number of carbonyl (C=O) groups excluding carboxylic acids is 2. The maximum atomic E-state index is 12.1. The Balaban J connectivity index is 2.02. The monoisotopic (exact) mass is 308 g/mol. The molecule has 1 atom stereocenters. The smallest absolute Gasteiger partial charge is 0.312 e. The minimum absolute atomic E-state index is 0.163. The second kappa shape index (κ2) is 3.82. The Hall–Kier alpha value is -1.36. The van der Waals surface area contributed by atoms with Crippen molar-refractivity contribution in [1.29, 1.82) is 0 Å². The fraction of sp³-hybridized carbons (Fsp3) is 0.385. The van der Waals surface area contributed by atoms with Gasteiger partial charge in [-0.25, -0.2) is 4.79 Å². The molecule has 5 heteroatoms. The SMILES string of the molecule is CN1C(=O)NC(=O)C12CCc1cc(Br)ccc1C2. The third-order valence-corrected chi connectivity index (χ3v) is 4.54. The molecule has 94 valence electrons. The van der Waals surface area contributed by atoms with Crippen LogP contribution < -0.4 is 5.32 Å². The van der Waals surface area contributed by atoms with Crippen molar-refractivity contribution in [2.75, 3.05) is 7.05 Å². The van der Waals surface area contributed by atoms with Crippen LogP contribution in [0.15, 0.2) is 22.7 Å². The fourth-order valence-electron chi connectivity index (χ4n) is 2.87. The van der Waals surface area contributed by atoms with E-state index in [9.17, 15) is 9.59 Å². The average molecular weight is 309 g/mol. The van der Waals surface area contributed by atoms with Gasteiger partial charge in [0.25, 0.3) is 5.91 Å². The lowest BCUT2D eigenvalue weighted by molar-refractivity contribution is -0.126. The van der Waals surface area contributed by atoms with Gasteiger partial charge in [0.1, 0.15) is 5.54 Å². The molecule has 3 amide bonds. The van der Waals surface area contributed by atoms with Crippen molar-refractivity contribution in [3.8, 4) is 0 Å². The molecule has 2 aliphatic rings. The topological polar surface area (TPSA) is 49.4 Å². The van der Waals surface area contributed by atoms with E-state index in [0.717, 1.165) is 16.5 Å². The number of amides is 3. The number of fused-ring (bicyclic) bond motifs is 1. The molecule has 1 spiro atoms. The number of halogens is 1. The summed E-state index contributed by atoms with van der Waals surface area (Å²) in [7, 11) is 1.70. The Bertz CT molecular complexity index is 558. The Morgan fingerprint density at radius 1 is 1.33 bits per heavy atom. The standard InChI is InChI=1S/C13H13BrN2O2/c1-16-12(18)15-11(17)13(16)5-4-8-6-10(14)3-2-9(8)7-13/h2-3,6H,4-5,7H2,1H3,(H,15,17,18). The maximum Gasteiger partial charge on any atom is 0.324 e. The van der Waals surface area contributed by atoms with Crippen LogP contribution in [0.5, 0.6) is 0 Å². The molecule has 1 saturated heterocycles. The lowest BCUT2D eigenvalue weighted by Gasteiger charge is -2.37. The molecule has 3 rings (SSSR count). The summed E-state index contributed by atoms with van der Waals surface area (Å²) in [4.78, 5) is 25.2. The van der Waals surface area contributed by atoms with Gasteiger partial charge in [0, 0.05) is 17.9 Å². The van der Waals surface area contributed by atoms with E-state index in [1.165, 1.54) is 5.56 Å². The number of imide groups is 1. The van der Waals surface area contributed by atoms with Crippen LogP contribution in [0, 0.1) is 0 Å². The molecule has 0 saturated carbocycles. The van der Waals surface area contributed by atoms with Crippen LogP contribution in [0.2, 0.25) is 0 Å². The summed E-state index contributed by atoms with van der Waals surface area (Å²) in [6, 6.07) is 5.81. The Morgan fingerprint density at radius 2 is 2.11 bits per heavy atom. The number of hydrogen-bond acceptors (Lipinski definition) is 2. The van der Waals surface area contributed by atoms with E-state index in [2.05, 4.69) is 27.3 Å². The average Bonchev–Trinajstić information content (AvgIpc) is 2.55. The molecule has 1 unspecified atom stereocenters. The summed E-state index contributed by atoms with van der Waals surface area (Å²) in [5.74, 6) is -0.163. The number of aryl methyl sites for hydroxylation is 1. The number of hydrogen-bond donors (Lipinski definition) is 1. The number of carbonyl (C=O) groups is 2. The number of benzene rings is 1. The summed E-state index contributed by atoms with van der Waals surface area (Å²) in [6.45, 7) is 0. The second-order valence-corrected chi connectivity index (χ2v) is 5.86. The van der Waals surface area contributed by atoms with Gasteiger partial charge in [-0.3, -0.25) is 10.1 Å². The zero-order valence-electron chi connectivity index (χ0n) is 10.00. The number of likely N-dealkylation sites (N-methyl/N-ethyl adjacent to an activating group) is 1. The van der Waals surface area contributed by atoms with Crippen LogP contribution in [0.1, 0.15) is 17.5 Å². The van der Waals surface area contributed by atoms with Gasteiger partial charge >= 0.3 is 6.03 Å². The van der Waals surface area contributed by atoms with Crippen molar-refractivity contribution in [3.05, 3.63) is 33.8 Å². The summed E-state index contributed by atoms with van der Waals surface area (Å²) in [5.41, 5.74) is 1.73. The van der Waals surface area contributed by atoms with Gasteiger partial charge in [-0.1, -0.05) is 22.0 Å². The summed E-state index contributed by atoms with van der Waals surface area (Å²) in [5, 5.41) is 2.41. The molecule has 1 heterocycles. The van der Waals surface area contributed by atoms with E-state index in [1.54, 1.807) is 11.9 Å². The van der Waals surface area contributed by atoms with E-state index in [0.29, 0.717) is 12.8 Å². The van der Waals surface area contributed by atoms with Crippen LogP contribution >= 0.6 is 15.9 Å². The van der Waals surface area contributed by atoms with Gasteiger partial charge in [0.05, 0.1) is 0 Å². The number of rotatable bonds is 0. The van der Waals surface area contributed by atoms with Crippen molar-refractivity contribution < 1.29 is 9.59 Å². The first-order valence-corrected chi connectivity index (χ1v) is 6.69. The first-order valence-electron chi connectivity index (χ1n) is 5.89. The van der Waals surface area contributed by atoms with Crippen LogP contribution in [-0.4, -0.2) is 29.4 Å². The second-order valence-electron chi connectivity index (χ2n) is 4.94. The molecule has 1 aromatic carbocycles. The van der Waals surface area contributed by atoms with Crippen LogP contribution in [0.4, 0.5) is 4.79 Å². The zero-order valence-corrected chi connectivity index (χ0v) is 11.6. The number of urea groups is 1. The van der Waals surface area contributed by atoms with Crippen LogP contribution in [0.3, 0.4) is 0 Å².